The van der Waals surface area contributed by atoms with Gasteiger partial charge in [0.2, 0.25) is 5.91 Å². The van der Waals surface area contributed by atoms with Crippen LogP contribution >= 0.6 is 0 Å². The Balaban J connectivity index is 2.17. The predicted molar refractivity (Wildman–Crippen MR) is 57.7 cm³/mol. The molecule has 0 aromatic heterocycles. The van der Waals surface area contributed by atoms with Crippen molar-refractivity contribution in [1.82, 2.24) is 5.32 Å². The van der Waals surface area contributed by atoms with Crippen LogP contribution in [-0.2, 0) is 4.79 Å². The SMILES string of the molecule is CC1CCC(CNC(=O)C(C)CN)C1. The molecule has 0 aromatic rings. The van der Waals surface area contributed by atoms with E-state index in [0.717, 1.165) is 12.5 Å². The lowest BCUT2D eigenvalue weighted by molar-refractivity contribution is -0.124. The summed E-state index contributed by atoms with van der Waals surface area (Å²) >= 11 is 0. The minimum Gasteiger partial charge on any atom is -0.356 e. The summed E-state index contributed by atoms with van der Waals surface area (Å²) in [5, 5.41) is 2.98. The quantitative estimate of drug-likeness (QED) is 0.711. The Kier molecular flexibility index (Phi) is 4.39. The molecule has 3 atom stereocenters. The lowest BCUT2D eigenvalue weighted by atomic mass is 10.1. The first-order valence-corrected chi connectivity index (χ1v) is 5.61. The average molecular weight is 198 g/mol. The van der Waals surface area contributed by atoms with Gasteiger partial charge in [0.15, 0.2) is 0 Å². The van der Waals surface area contributed by atoms with E-state index in [4.69, 9.17) is 5.73 Å². The van der Waals surface area contributed by atoms with Gasteiger partial charge in [-0.3, -0.25) is 4.79 Å². The van der Waals surface area contributed by atoms with E-state index in [0.29, 0.717) is 12.5 Å². The first kappa shape index (κ1) is 11.5. The van der Waals surface area contributed by atoms with Crippen LogP contribution in [0, 0.1) is 17.8 Å². The Morgan fingerprint density at radius 1 is 1.57 bits per heavy atom. The molecule has 0 heterocycles. The van der Waals surface area contributed by atoms with Crippen molar-refractivity contribution in [2.75, 3.05) is 13.1 Å². The fraction of sp³-hybridized carbons (Fsp3) is 0.909. The third-order valence-corrected chi connectivity index (χ3v) is 3.17. The van der Waals surface area contributed by atoms with Gasteiger partial charge in [0.05, 0.1) is 0 Å². The second kappa shape index (κ2) is 5.35. The van der Waals surface area contributed by atoms with Crippen molar-refractivity contribution < 1.29 is 4.79 Å². The zero-order valence-electron chi connectivity index (χ0n) is 9.25. The smallest absolute Gasteiger partial charge is 0.224 e. The van der Waals surface area contributed by atoms with Gasteiger partial charge in [-0.25, -0.2) is 0 Å². The molecule has 0 radical (unpaired) electrons. The molecule has 0 aliphatic heterocycles. The molecule has 1 amide bonds. The zero-order valence-corrected chi connectivity index (χ0v) is 9.25. The van der Waals surface area contributed by atoms with Crippen LogP contribution < -0.4 is 11.1 Å². The summed E-state index contributed by atoms with van der Waals surface area (Å²) < 4.78 is 0. The number of hydrogen-bond donors (Lipinski definition) is 2. The number of nitrogens with two attached hydrogens (primary N) is 1. The topological polar surface area (TPSA) is 55.1 Å². The molecule has 1 fully saturated rings. The molecule has 1 aliphatic rings. The van der Waals surface area contributed by atoms with Crippen molar-refractivity contribution in [2.24, 2.45) is 23.5 Å². The van der Waals surface area contributed by atoms with E-state index >= 15 is 0 Å². The van der Waals surface area contributed by atoms with Crippen LogP contribution in [0.2, 0.25) is 0 Å². The molecule has 0 saturated heterocycles. The highest BCUT2D eigenvalue weighted by Crippen LogP contribution is 2.29. The van der Waals surface area contributed by atoms with Gasteiger partial charge in [0, 0.05) is 19.0 Å². The monoisotopic (exact) mass is 198 g/mol. The molecule has 0 bridgehead atoms. The Morgan fingerprint density at radius 2 is 2.29 bits per heavy atom. The van der Waals surface area contributed by atoms with Crippen molar-refractivity contribution in [3.8, 4) is 0 Å². The van der Waals surface area contributed by atoms with Crippen molar-refractivity contribution >= 4 is 5.91 Å². The lowest BCUT2D eigenvalue weighted by Crippen LogP contribution is -2.35. The summed E-state index contributed by atoms with van der Waals surface area (Å²) in [6, 6.07) is 0. The summed E-state index contributed by atoms with van der Waals surface area (Å²) in [5.41, 5.74) is 5.42. The summed E-state index contributed by atoms with van der Waals surface area (Å²) in [6.07, 6.45) is 3.84. The molecule has 3 unspecified atom stereocenters. The van der Waals surface area contributed by atoms with E-state index in [1.54, 1.807) is 0 Å². The molecule has 3 nitrogen and oxygen atoms in total. The maximum atomic E-state index is 11.4. The van der Waals surface area contributed by atoms with Gasteiger partial charge in [-0.2, -0.15) is 0 Å². The van der Waals surface area contributed by atoms with Gasteiger partial charge in [0.25, 0.3) is 0 Å². The molecule has 82 valence electrons. The first-order valence-electron chi connectivity index (χ1n) is 5.61. The van der Waals surface area contributed by atoms with Gasteiger partial charge in [-0.15, -0.1) is 0 Å². The Morgan fingerprint density at radius 3 is 2.79 bits per heavy atom. The van der Waals surface area contributed by atoms with Crippen LogP contribution in [0.4, 0.5) is 0 Å². The molecular weight excluding hydrogens is 176 g/mol. The molecule has 3 N–H and O–H groups in total. The Hall–Kier alpha value is -0.570. The minimum absolute atomic E-state index is 0.0474. The van der Waals surface area contributed by atoms with Crippen molar-refractivity contribution in [2.45, 2.75) is 33.1 Å². The van der Waals surface area contributed by atoms with Crippen LogP contribution in [0.1, 0.15) is 33.1 Å². The van der Waals surface area contributed by atoms with E-state index in [9.17, 15) is 4.79 Å². The van der Waals surface area contributed by atoms with E-state index in [1.807, 2.05) is 6.92 Å². The summed E-state index contributed by atoms with van der Waals surface area (Å²) in [6.45, 7) is 5.43. The van der Waals surface area contributed by atoms with Gasteiger partial charge < -0.3 is 11.1 Å². The van der Waals surface area contributed by atoms with Gasteiger partial charge in [-0.05, 0) is 24.7 Å². The predicted octanol–water partition coefficient (Wildman–Crippen LogP) is 1.13. The van der Waals surface area contributed by atoms with Gasteiger partial charge >= 0.3 is 0 Å². The molecule has 14 heavy (non-hydrogen) atoms. The Labute approximate surface area is 86.4 Å². The molecule has 1 rings (SSSR count). The van der Waals surface area contributed by atoms with E-state index in [2.05, 4.69) is 12.2 Å². The number of carbonyl (C=O) groups excluding carboxylic acids is 1. The number of amides is 1. The van der Waals surface area contributed by atoms with Crippen molar-refractivity contribution in [1.29, 1.82) is 0 Å². The van der Waals surface area contributed by atoms with E-state index in [1.165, 1.54) is 19.3 Å². The number of carbonyl (C=O) groups is 1. The second-order valence-corrected chi connectivity index (χ2v) is 4.67. The largest absolute Gasteiger partial charge is 0.356 e. The number of nitrogens with one attached hydrogen (secondary N) is 1. The highest BCUT2D eigenvalue weighted by Gasteiger charge is 2.22. The molecule has 1 saturated carbocycles. The lowest BCUT2D eigenvalue weighted by Gasteiger charge is -2.13. The third kappa shape index (κ3) is 3.29. The van der Waals surface area contributed by atoms with Crippen molar-refractivity contribution in [3.05, 3.63) is 0 Å². The van der Waals surface area contributed by atoms with E-state index < -0.39 is 0 Å². The van der Waals surface area contributed by atoms with Crippen LogP contribution in [0.15, 0.2) is 0 Å². The molecule has 0 spiro atoms. The summed E-state index contributed by atoms with van der Waals surface area (Å²) in [5.74, 6) is 1.59. The average Bonchev–Trinajstić information content (AvgIpc) is 2.59. The van der Waals surface area contributed by atoms with E-state index in [-0.39, 0.29) is 11.8 Å². The standard InChI is InChI=1S/C11H22N2O/c1-8-3-4-10(5-8)7-13-11(14)9(2)6-12/h8-10H,3-7,12H2,1-2H3,(H,13,14). The fourth-order valence-electron chi connectivity index (χ4n) is 2.04. The molecule has 1 aliphatic carbocycles. The molecule has 3 heteroatoms. The van der Waals surface area contributed by atoms with Gasteiger partial charge in [0.1, 0.15) is 0 Å². The normalized spacial score (nSPS) is 28.8. The number of rotatable bonds is 4. The first-order chi connectivity index (χ1) is 6.63. The van der Waals surface area contributed by atoms with Crippen LogP contribution in [0.3, 0.4) is 0 Å². The highest BCUT2D eigenvalue weighted by molar-refractivity contribution is 5.78. The summed E-state index contributed by atoms with van der Waals surface area (Å²) in [4.78, 5) is 11.4. The summed E-state index contributed by atoms with van der Waals surface area (Å²) in [7, 11) is 0. The number of hydrogen-bond acceptors (Lipinski definition) is 2. The zero-order chi connectivity index (χ0) is 10.6. The highest BCUT2D eigenvalue weighted by atomic mass is 16.1. The van der Waals surface area contributed by atoms with Gasteiger partial charge in [-0.1, -0.05) is 20.3 Å². The Bertz CT molecular complexity index is 194. The van der Waals surface area contributed by atoms with Crippen molar-refractivity contribution in [3.63, 3.8) is 0 Å². The van der Waals surface area contributed by atoms with Crippen LogP contribution in [-0.4, -0.2) is 19.0 Å². The van der Waals surface area contributed by atoms with Crippen LogP contribution in [0.5, 0.6) is 0 Å². The molecular formula is C11H22N2O. The minimum atomic E-state index is -0.0474. The maximum Gasteiger partial charge on any atom is 0.224 e. The second-order valence-electron chi connectivity index (χ2n) is 4.67. The maximum absolute atomic E-state index is 11.4. The van der Waals surface area contributed by atoms with Crippen LogP contribution in [0.25, 0.3) is 0 Å². The molecule has 0 aromatic carbocycles. The fourth-order valence-corrected chi connectivity index (χ4v) is 2.04. The third-order valence-electron chi connectivity index (χ3n) is 3.17.